The van der Waals surface area contributed by atoms with Crippen molar-refractivity contribution in [1.82, 2.24) is 4.90 Å². The highest BCUT2D eigenvalue weighted by Crippen LogP contribution is 2.27. The highest BCUT2D eigenvalue weighted by atomic mass is 16.6. The van der Waals surface area contributed by atoms with Gasteiger partial charge in [-0.1, -0.05) is 137 Å². The minimum Gasteiger partial charge on any atom is -0.466 e. The van der Waals surface area contributed by atoms with Crippen LogP contribution in [0.4, 0.5) is 0 Å². The van der Waals surface area contributed by atoms with E-state index in [0.717, 1.165) is 128 Å². The van der Waals surface area contributed by atoms with Crippen molar-refractivity contribution in [2.45, 2.75) is 208 Å². The molecule has 346 valence electrons. The number of carbonyl (C=O) groups is 5. The molecule has 0 aromatic rings. The van der Waals surface area contributed by atoms with Crippen molar-refractivity contribution in [2.75, 3.05) is 53.7 Å². The second-order valence-corrected chi connectivity index (χ2v) is 17.2. The quantitative estimate of drug-likeness (QED) is 0.0331. The molecule has 0 atom stereocenters. The van der Waals surface area contributed by atoms with Crippen LogP contribution in [0.15, 0.2) is 0 Å². The molecule has 0 unspecified atom stereocenters. The van der Waals surface area contributed by atoms with Gasteiger partial charge in [-0.25, -0.2) is 0 Å². The summed E-state index contributed by atoms with van der Waals surface area (Å²) in [7, 11) is 3.87. The van der Waals surface area contributed by atoms with Crippen molar-refractivity contribution in [3.8, 4) is 0 Å². The molecule has 0 aromatic heterocycles. The van der Waals surface area contributed by atoms with E-state index in [9.17, 15) is 24.0 Å². The zero-order chi connectivity index (χ0) is 44.0. The minimum atomic E-state index is -1.31. The Kier molecular flexibility index (Phi) is 36.5. The third-order valence-electron chi connectivity index (χ3n) is 10.9. The van der Waals surface area contributed by atoms with Crippen LogP contribution >= 0.6 is 0 Å². The number of hydrogen-bond donors (Lipinski definition) is 0. The highest BCUT2D eigenvalue weighted by Gasteiger charge is 2.39. The Morgan fingerprint density at radius 1 is 0.407 bits per heavy atom. The molecular formula is C48H89NO10. The Morgan fingerprint density at radius 3 is 1.14 bits per heavy atom. The van der Waals surface area contributed by atoms with Crippen molar-refractivity contribution in [2.24, 2.45) is 17.3 Å². The molecule has 0 aliphatic carbocycles. The minimum absolute atomic E-state index is 0.0676. The van der Waals surface area contributed by atoms with Crippen LogP contribution < -0.4 is 0 Å². The fourth-order valence-corrected chi connectivity index (χ4v) is 6.91. The molecule has 0 aliphatic rings. The maximum Gasteiger partial charge on any atom is 0.308 e. The van der Waals surface area contributed by atoms with Crippen LogP contribution in [-0.4, -0.2) is 88.4 Å². The molecule has 0 N–H and O–H groups in total. The van der Waals surface area contributed by atoms with Gasteiger partial charge in [0.15, 0.2) is 0 Å². The molecule has 0 fully saturated rings. The summed E-state index contributed by atoms with van der Waals surface area (Å²) in [6.45, 7) is 10.8. The van der Waals surface area contributed by atoms with Gasteiger partial charge in [-0.2, -0.15) is 0 Å². The molecule has 0 heterocycles. The number of esters is 5. The first-order valence-corrected chi connectivity index (χ1v) is 23.9. The third-order valence-corrected chi connectivity index (χ3v) is 10.9. The van der Waals surface area contributed by atoms with E-state index in [1.807, 2.05) is 19.0 Å². The molecule has 0 spiro atoms. The van der Waals surface area contributed by atoms with Gasteiger partial charge in [0.1, 0.15) is 31.8 Å². The molecule has 0 saturated heterocycles. The molecule has 0 rings (SSSR count). The van der Waals surface area contributed by atoms with Crippen LogP contribution in [0.2, 0.25) is 0 Å². The largest absolute Gasteiger partial charge is 0.466 e. The van der Waals surface area contributed by atoms with Crippen molar-refractivity contribution in [3.63, 3.8) is 0 Å². The smallest absolute Gasteiger partial charge is 0.308 e. The van der Waals surface area contributed by atoms with Gasteiger partial charge in [-0.3, -0.25) is 24.0 Å². The number of ether oxygens (including phenoxy) is 5. The van der Waals surface area contributed by atoms with Gasteiger partial charge in [-0.05, 0) is 72.0 Å². The standard InChI is InChI=1S/C48H89NO10/c1-8-13-18-19-26-36-55-43(50)32-24-25-33-44(51)56-37-48(38-57-45(52)34-27-35-49(6)7,39-58-46(53)41(28-20-14-9-2)29-21-15-10-3)40-59-47(54)42(30-22-16-11-4)31-23-17-12-5/h41-42H,8-40H2,1-7H3. The lowest BCUT2D eigenvalue weighted by Crippen LogP contribution is -2.44. The predicted molar refractivity (Wildman–Crippen MR) is 236 cm³/mol. The zero-order valence-electron chi connectivity index (χ0n) is 39.0. The number of unbranched alkanes of at least 4 members (excludes halogenated alkanes) is 13. The van der Waals surface area contributed by atoms with Gasteiger partial charge in [0.2, 0.25) is 0 Å². The van der Waals surface area contributed by atoms with E-state index in [1.54, 1.807) is 0 Å². The first-order valence-electron chi connectivity index (χ1n) is 23.9. The van der Waals surface area contributed by atoms with Gasteiger partial charge in [0.25, 0.3) is 0 Å². The zero-order valence-corrected chi connectivity index (χ0v) is 39.0. The average Bonchev–Trinajstić information content (AvgIpc) is 3.21. The summed E-state index contributed by atoms with van der Waals surface area (Å²) in [6, 6.07) is 0. The van der Waals surface area contributed by atoms with E-state index in [0.29, 0.717) is 32.4 Å². The number of rotatable bonds is 41. The summed E-state index contributed by atoms with van der Waals surface area (Å²) < 4.78 is 29.2. The summed E-state index contributed by atoms with van der Waals surface area (Å²) in [5.41, 5.74) is -1.31. The van der Waals surface area contributed by atoms with Crippen LogP contribution in [0.3, 0.4) is 0 Å². The van der Waals surface area contributed by atoms with E-state index >= 15 is 0 Å². The monoisotopic (exact) mass is 840 g/mol. The van der Waals surface area contributed by atoms with Crippen LogP contribution in [-0.2, 0) is 47.7 Å². The maximum atomic E-state index is 13.8. The Hall–Kier alpha value is -2.69. The van der Waals surface area contributed by atoms with E-state index in [4.69, 9.17) is 23.7 Å². The lowest BCUT2D eigenvalue weighted by molar-refractivity contribution is -0.174. The van der Waals surface area contributed by atoms with Gasteiger partial charge in [0, 0.05) is 19.3 Å². The second kappa shape index (κ2) is 38.2. The lowest BCUT2D eigenvalue weighted by Gasteiger charge is -2.33. The van der Waals surface area contributed by atoms with E-state index in [2.05, 4.69) is 34.6 Å². The number of nitrogens with zero attached hydrogens (tertiary/aromatic N) is 1. The SMILES string of the molecule is CCCCCCCOC(=O)CCCCC(=O)OCC(COC(=O)CCCN(C)C)(COC(=O)C(CCCCC)CCCCC)COC(=O)C(CCCCC)CCCCC. The predicted octanol–water partition coefficient (Wildman–Crippen LogP) is 11.1. The Labute approximate surface area is 360 Å². The Balaban J connectivity index is 6.15. The molecule has 59 heavy (non-hydrogen) atoms. The Morgan fingerprint density at radius 2 is 0.746 bits per heavy atom. The van der Waals surface area contributed by atoms with E-state index < -0.39 is 17.4 Å². The lowest BCUT2D eigenvalue weighted by atomic mass is 9.91. The first-order chi connectivity index (χ1) is 28.5. The molecule has 0 radical (unpaired) electrons. The topological polar surface area (TPSA) is 135 Å². The molecule has 0 amide bonds. The fourth-order valence-electron chi connectivity index (χ4n) is 6.91. The summed E-state index contributed by atoms with van der Waals surface area (Å²) in [4.78, 5) is 68.0. The number of hydrogen-bond acceptors (Lipinski definition) is 11. The van der Waals surface area contributed by atoms with Gasteiger partial charge >= 0.3 is 29.8 Å². The maximum absolute atomic E-state index is 13.8. The summed E-state index contributed by atoms with van der Waals surface area (Å²) in [6.07, 6.45) is 22.1. The average molecular weight is 840 g/mol. The molecular weight excluding hydrogens is 751 g/mol. The molecule has 11 heteroatoms. The molecule has 0 bridgehead atoms. The van der Waals surface area contributed by atoms with Crippen LogP contribution in [0.1, 0.15) is 208 Å². The van der Waals surface area contributed by atoms with Crippen molar-refractivity contribution in [3.05, 3.63) is 0 Å². The van der Waals surface area contributed by atoms with Crippen molar-refractivity contribution >= 4 is 29.8 Å². The highest BCUT2D eigenvalue weighted by molar-refractivity contribution is 5.73. The first kappa shape index (κ1) is 56.3. The molecule has 0 aliphatic heterocycles. The molecule has 11 nitrogen and oxygen atoms in total. The molecule has 0 aromatic carbocycles. The van der Waals surface area contributed by atoms with Crippen LogP contribution in [0.25, 0.3) is 0 Å². The van der Waals surface area contributed by atoms with Gasteiger partial charge in [0.05, 0.1) is 18.4 Å². The Bertz CT molecular complexity index is 1020. The van der Waals surface area contributed by atoms with Crippen LogP contribution in [0, 0.1) is 17.3 Å². The fraction of sp³-hybridized carbons (Fsp3) is 0.896. The number of carbonyl (C=O) groups excluding carboxylic acids is 5. The third kappa shape index (κ3) is 31.8. The van der Waals surface area contributed by atoms with Crippen molar-refractivity contribution in [1.29, 1.82) is 0 Å². The molecule has 0 saturated carbocycles. The van der Waals surface area contributed by atoms with E-state index in [-0.39, 0.29) is 75.4 Å². The van der Waals surface area contributed by atoms with Crippen molar-refractivity contribution < 1.29 is 47.7 Å². The van der Waals surface area contributed by atoms with Gasteiger partial charge in [-0.15, -0.1) is 0 Å². The van der Waals surface area contributed by atoms with Gasteiger partial charge < -0.3 is 28.6 Å². The summed E-state index contributed by atoms with van der Waals surface area (Å²) >= 11 is 0. The summed E-state index contributed by atoms with van der Waals surface area (Å²) in [5.74, 6) is -2.42. The second-order valence-electron chi connectivity index (χ2n) is 17.2. The normalized spacial score (nSPS) is 11.6. The van der Waals surface area contributed by atoms with E-state index in [1.165, 1.54) is 6.42 Å². The summed E-state index contributed by atoms with van der Waals surface area (Å²) in [5, 5.41) is 0. The van der Waals surface area contributed by atoms with Crippen LogP contribution in [0.5, 0.6) is 0 Å².